The molecular weight excluding hydrogens is 707 g/mol. The zero-order chi connectivity index (χ0) is 35.0. The third-order valence-electron chi connectivity index (χ3n) is 8.87. The van der Waals surface area contributed by atoms with Crippen molar-refractivity contribution in [1.82, 2.24) is 19.9 Å². The smallest absolute Gasteiger partial charge is 0.872 e. The summed E-state index contributed by atoms with van der Waals surface area (Å²) in [6.07, 6.45) is 7.78. The predicted molar refractivity (Wildman–Crippen MR) is 202 cm³/mol. The van der Waals surface area contributed by atoms with Crippen molar-refractivity contribution in [2.45, 2.75) is 0 Å². The zero-order valence-electron chi connectivity index (χ0n) is 27.9. The van der Waals surface area contributed by atoms with Gasteiger partial charge in [-0.15, -0.1) is 11.5 Å². The summed E-state index contributed by atoms with van der Waals surface area (Å²) in [7, 11) is 0. The Morgan fingerprint density at radius 3 is 1.21 bits per heavy atom. The van der Waals surface area contributed by atoms with E-state index in [-0.39, 0.29) is 28.0 Å². The normalized spacial score (nSPS) is 11.6. The molecule has 0 saturated heterocycles. The summed E-state index contributed by atoms with van der Waals surface area (Å²) in [4.78, 5) is 17.5. The molecule has 0 fully saturated rings. The van der Waals surface area contributed by atoms with E-state index < -0.39 is 0 Å². The Hall–Kier alpha value is -6.83. The molecule has 4 aromatic carbocycles. The number of nitrogens with zero attached hydrogens (tertiary/aromatic N) is 2. The molecule has 7 aromatic rings. The summed E-state index contributed by atoms with van der Waals surface area (Å²) in [5.74, 6) is 1.81. The molecular formula is C44H28N4NiO4. The van der Waals surface area contributed by atoms with Crippen molar-refractivity contribution in [3.05, 3.63) is 156 Å². The van der Waals surface area contributed by atoms with Crippen LogP contribution in [0.4, 0.5) is 0 Å². The Morgan fingerprint density at radius 2 is 0.774 bits per heavy atom. The van der Waals surface area contributed by atoms with E-state index in [4.69, 9.17) is 19.4 Å². The molecule has 5 heterocycles. The van der Waals surface area contributed by atoms with Crippen LogP contribution in [-0.2, 0) is 16.5 Å². The van der Waals surface area contributed by atoms with Gasteiger partial charge in [0.1, 0.15) is 22.9 Å². The third kappa shape index (κ3) is 6.57. The Labute approximate surface area is 314 Å². The van der Waals surface area contributed by atoms with Crippen molar-refractivity contribution in [3.63, 3.8) is 0 Å². The van der Waals surface area contributed by atoms with Gasteiger partial charge in [0, 0.05) is 22.2 Å². The van der Waals surface area contributed by atoms with Gasteiger partial charge in [-0.25, -0.2) is 9.97 Å². The first-order valence-electron chi connectivity index (χ1n) is 16.7. The van der Waals surface area contributed by atoms with Crippen molar-refractivity contribution in [2.75, 3.05) is 0 Å². The molecule has 9 rings (SSSR count). The van der Waals surface area contributed by atoms with Gasteiger partial charge in [-0.1, -0.05) is 84.9 Å². The van der Waals surface area contributed by atoms with Gasteiger partial charge in [0.25, 0.3) is 0 Å². The van der Waals surface area contributed by atoms with E-state index in [2.05, 4.69) is 22.1 Å². The van der Waals surface area contributed by atoms with E-state index in [1.807, 2.05) is 97.1 Å². The topological polar surface area (TPSA) is 122 Å². The van der Waals surface area contributed by atoms with Crippen LogP contribution in [-0.4, -0.2) is 19.9 Å². The number of H-pyrrole nitrogens is 2. The molecule has 0 radical (unpaired) electrons. The first-order valence-corrected chi connectivity index (χ1v) is 16.7. The van der Waals surface area contributed by atoms with Gasteiger partial charge in [-0.05, 0) is 84.0 Å². The van der Waals surface area contributed by atoms with Crippen LogP contribution in [0.2, 0.25) is 0 Å². The van der Waals surface area contributed by atoms with E-state index in [0.29, 0.717) is 56.8 Å². The SMILES string of the molecule is [Ni+2].[O-]c1ccc(Oc2c3nc(c(-c4ccccc4)c4nc(c(Oc5ccc([O-])cc5)c5ccc([nH]5)c(-c5ccccc5)c5ccc2[nH]5)C=C4)C=C3)cc1. The largest absolute Gasteiger partial charge is 2.00 e. The van der Waals surface area contributed by atoms with Gasteiger partial charge < -0.3 is 29.7 Å². The van der Waals surface area contributed by atoms with Crippen LogP contribution in [0.25, 0.3) is 68.6 Å². The Balaban J connectivity index is 0.00000400. The number of nitrogens with one attached hydrogen (secondary N) is 2. The van der Waals surface area contributed by atoms with E-state index in [9.17, 15) is 10.2 Å². The fourth-order valence-corrected chi connectivity index (χ4v) is 6.44. The number of fused-ring (bicyclic) bond motifs is 8. The molecule has 9 heteroatoms. The van der Waals surface area contributed by atoms with E-state index in [0.717, 1.165) is 33.3 Å². The van der Waals surface area contributed by atoms with Gasteiger partial charge in [-0.3, -0.25) is 0 Å². The average Bonchev–Trinajstić information content (AvgIpc) is 4.02. The molecule has 53 heavy (non-hydrogen) atoms. The summed E-state index contributed by atoms with van der Waals surface area (Å²) in [6, 6.07) is 40.6. The van der Waals surface area contributed by atoms with Crippen molar-refractivity contribution >= 4 is 46.4 Å². The van der Waals surface area contributed by atoms with Gasteiger partial charge in [-0.2, -0.15) is 0 Å². The van der Waals surface area contributed by atoms with Gasteiger partial charge >= 0.3 is 16.5 Å². The monoisotopic (exact) mass is 734 g/mol. The quantitative estimate of drug-likeness (QED) is 0.164. The van der Waals surface area contributed by atoms with E-state index in [1.54, 1.807) is 24.3 Å². The van der Waals surface area contributed by atoms with Crippen LogP contribution >= 0.6 is 0 Å². The summed E-state index contributed by atoms with van der Waals surface area (Å²) in [5.41, 5.74) is 9.34. The standard InChI is InChI=1S/C44H30N4O4.Ni/c49-29-11-15-31(16-12-29)51-43-37-23-19-33(45-37)41(27-7-3-1-4-8-27)34-20-24-38(46-34)44(52-32-17-13-30(50)14-18-32)40-26-22-36(48-40)42(28-9-5-2-6-10-28)35-21-25-39(43)47-35;/h1-26,45-46,49-50H;/q;+2/p-2. The molecule has 8 bridgehead atoms. The number of aromatic amines is 2. The molecule has 2 aliphatic heterocycles. The van der Waals surface area contributed by atoms with Gasteiger partial charge in [0.15, 0.2) is 11.5 Å². The molecule has 0 spiro atoms. The molecule has 0 atom stereocenters. The fraction of sp³-hybridized carbons (Fsp3) is 0. The maximum atomic E-state index is 11.9. The maximum absolute atomic E-state index is 11.9. The van der Waals surface area contributed by atoms with Crippen LogP contribution in [0, 0.1) is 0 Å². The molecule has 0 unspecified atom stereocenters. The van der Waals surface area contributed by atoms with E-state index >= 15 is 0 Å². The average molecular weight is 735 g/mol. The minimum atomic E-state index is -0.103. The second kappa shape index (κ2) is 14.1. The zero-order valence-corrected chi connectivity index (χ0v) is 28.8. The minimum absolute atomic E-state index is 0. The molecule has 0 saturated carbocycles. The van der Waals surface area contributed by atoms with Gasteiger partial charge in [0.2, 0.25) is 0 Å². The number of rotatable bonds is 6. The second-order valence-corrected chi connectivity index (χ2v) is 12.3. The van der Waals surface area contributed by atoms with Crippen molar-refractivity contribution in [1.29, 1.82) is 0 Å². The Bertz CT molecular complexity index is 2540. The number of benzene rings is 4. The maximum Gasteiger partial charge on any atom is 2.00 e. The molecule has 2 N–H and O–H groups in total. The molecule has 0 aliphatic carbocycles. The van der Waals surface area contributed by atoms with E-state index in [1.165, 1.54) is 24.3 Å². The van der Waals surface area contributed by atoms with Crippen molar-refractivity contribution in [3.8, 4) is 56.8 Å². The van der Waals surface area contributed by atoms with Crippen molar-refractivity contribution in [2.24, 2.45) is 0 Å². The minimum Gasteiger partial charge on any atom is -0.872 e. The molecule has 3 aromatic heterocycles. The summed E-state index contributed by atoms with van der Waals surface area (Å²) < 4.78 is 13.1. The first kappa shape index (κ1) is 33.3. The summed E-state index contributed by atoms with van der Waals surface area (Å²) >= 11 is 0. The molecule has 2 aliphatic rings. The predicted octanol–water partition coefficient (Wildman–Crippen LogP) is 9.72. The van der Waals surface area contributed by atoms with Gasteiger partial charge in [0.05, 0.1) is 22.4 Å². The van der Waals surface area contributed by atoms with Crippen LogP contribution in [0.1, 0.15) is 22.8 Å². The summed E-state index contributed by atoms with van der Waals surface area (Å²) in [6.45, 7) is 0. The molecule has 8 nitrogen and oxygen atoms in total. The molecule has 258 valence electrons. The second-order valence-electron chi connectivity index (χ2n) is 12.3. The number of hydrogen-bond donors (Lipinski definition) is 2. The molecule has 0 amide bonds. The number of aromatic nitrogens is 4. The van der Waals surface area contributed by atoms with Crippen LogP contribution < -0.4 is 19.7 Å². The third-order valence-corrected chi connectivity index (χ3v) is 8.87. The van der Waals surface area contributed by atoms with Crippen LogP contribution in [0.15, 0.2) is 133 Å². The first-order chi connectivity index (χ1) is 25.6. The number of ether oxygens (including phenoxy) is 2. The van der Waals surface area contributed by atoms with Crippen LogP contribution in [0.5, 0.6) is 34.5 Å². The number of hydrogen-bond acceptors (Lipinski definition) is 6. The Morgan fingerprint density at radius 1 is 0.396 bits per heavy atom. The summed E-state index contributed by atoms with van der Waals surface area (Å²) in [5, 5.41) is 23.9. The van der Waals surface area contributed by atoms with Crippen LogP contribution in [0.3, 0.4) is 0 Å². The van der Waals surface area contributed by atoms with Crippen molar-refractivity contribution < 1.29 is 36.2 Å². The fourth-order valence-electron chi connectivity index (χ4n) is 6.44. The Kier molecular flexibility index (Phi) is 8.84.